The zero-order valence-corrected chi connectivity index (χ0v) is 25.1. The summed E-state index contributed by atoms with van der Waals surface area (Å²) >= 11 is 0. The number of para-hydroxylation sites is 2. The lowest BCUT2D eigenvalue weighted by atomic mass is 9.43. The topological polar surface area (TPSA) is 81.3 Å². The molecule has 0 saturated heterocycles. The number of rotatable bonds is 6. The molecule has 6 nitrogen and oxygen atoms in total. The summed E-state index contributed by atoms with van der Waals surface area (Å²) in [5.74, 6) is 4.28. The summed E-state index contributed by atoms with van der Waals surface area (Å²) in [5, 5.41) is 0. The summed E-state index contributed by atoms with van der Waals surface area (Å²) in [6.45, 7) is 10.5. The van der Waals surface area contributed by atoms with Crippen molar-refractivity contribution in [1.82, 2.24) is 9.97 Å². The molecule has 0 aliphatic heterocycles. The number of esters is 2. The Morgan fingerprint density at radius 3 is 2.52 bits per heavy atom. The lowest BCUT2D eigenvalue weighted by Crippen LogP contribution is -2.59. The van der Waals surface area contributed by atoms with Crippen molar-refractivity contribution >= 4 is 23.0 Å². The molecule has 4 saturated carbocycles. The number of nitrogens with one attached hydrogen (secondary N) is 1. The summed E-state index contributed by atoms with van der Waals surface area (Å²) in [4.78, 5) is 32.5. The van der Waals surface area contributed by atoms with Crippen molar-refractivity contribution in [2.75, 3.05) is 0 Å². The molecule has 4 aliphatic carbocycles. The average Bonchev–Trinajstić information content (AvgIpc) is 3.49. The number of carbonyl (C=O) groups excluding carboxylic acids is 2. The zero-order chi connectivity index (χ0) is 28.2. The molecule has 218 valence electrons. The molecule has 4 fully saturated rings. The van der Waals surface area contributed by atoms with Crippen molar-refractivity contribution in [3.8, 4) is 0 Å². The normalized spacial score (nSPS) is 39.6. The number of carbonyl (C=O) groups is 2. The average molecular weight is 549 g/mol. The number of nitrogens with zero attached hydrogens (tertiary/aromatic N) is 1. The van der Waals surface area contributed by atoms with E-state index in [2.05, 4.69) is 44.0 Å². The van der Waals surface area contributed by atoms with Crippen molar-refractivity contribution in [2.45, 2.75) is 111 Å². The van der Waals surface area contributed by atoms with Gasteiger partial charge in [0, 0.05) is 25.7 Å². The fraction of sp³-hybridized carbons (Fsp3) is 0.735. The van der Waals surface area contributed by atoms with Crippen LogP contribution in [0, 0.1) is 46.3 Å². The molecule has 0 radical (unpaired) electrons. The minimum Gasteiger partial charge on any atom is -0.463 e. The van der Waals surface area contributed by atoms with Gasteiger partial charge in [-0.2, -0.15) is 0 Å². The van der Waals surface area contributed by atoms with Crippen LogP contribution in [-0.2, 0) is 25.5 Å². The van der Waals surface area contributed by atoms with Crippen molar-refractivity contribution in [2.24, 2.45) is 46.3 Å². The maximum atomic E-state index is 12.5. The van der Waals surface area contributed by atoms with Crippen LogP contribution in [0.4, 0.5) is 0 Å². The van der Waals surface area contributed by atoms with E-state index in [9.17, 15) is 9.59 Å². The maximum absolute atomic E-state index is 12.5. The molecule has 0 bridgehead atoms. The molecule has 6 heteroatoms. The second-order valence-electron chi connectivity index (χ2n) is 14.3. The fourth-order valence-electron chi connectivity index (χ4n) is 10.5. The number of ether oxygens (including phenoxy) is 2. The molecular weight excluding hydrogens is 500 g/mol. The summed E-state index contributed by atoms with van der Waals surface area (Å²) in [6.07, 6.45) is 11.0. The number of aryl methyl sites for hydroxylation is 1. The molecule has 2 aromatic rings. The van der Waals surface area contributed by atoms with Crippen LogP contribution in [0.1, 0.15) is 98.2 Å². The van der Waals surface area contributed by atoms with Crippen molar-refractivity contribution in [3.63, 3.8) is 0 Å². The highest BCUT2D eigenvalue weighted by atomic mass is 16.5. The molecule has 40 heavy (non-hydrogen) atoms. The van der Waals surface area contributed by atoms with Gasteiger partial charge in [0.05, 0.1) is 11.0 Å². The van der Waals surface area contributed by atoms with Gasteiger partial charge < -0.3 is 14.5 Å². The fourth-order valence-corrected chi connectivity index (χ4v) is 10.5. The molecule has 0 unspecified atom stereocenters. The number of H-pyrrole nitrogens is 1. The Hall–Kier alpha value is -2.37. The van der Waals surface area contributed by atoms with Gasteiger partial charge in [0.1, 0.15) is 18.0 Å². The van der Waals surface area contributed by atoms with Gasteiger partial charge in [-0.05, 0) is 111 Å². The third-order valence-electron chi connectivity index (χ3n) is 12.4. The zero-order valence-electron chi connectivity index (χ0n) is 25.1. The van der Waals surface area contributed by atoms with Crippen molar-refractivity contribution in [3.05, 3.63) is 30.1 Å². The lowest BCUT2D eigenvalue weighted by molar-refractivity contribution is -0.197. The summed E-state index contributed by atoms with van der Waals surface area (Å²) in [5.41, 5.74) is 2.39. The molecule has 10 atom stereocenters. The largest absolute Gasteiger partial charge is 0.463 e. The predicted molar refractivity (Wildman–Crippen MR) is 155 cm³/mol. The SMILES string of the molecule is CC(=O)O[C@H]1CC[C@@]2(C)[C@H](CC[C@@H]3[C@@H]2C[C@H](OC(C)=O)[C@]2(C)[C@@H]([C@@H](C)CCc4nc5ccccc5[nH]4)CC[C@@H]32)C1. The Morgan fingerprint density at radius 2 is 1.77 bits per heavy atom. The summed E-state index contributed by atoms with van der Waals surface area (Å²) < 4.78 is 12.0. The molecule has 0 spiro atoms. The molecule has 4 aliphatic rings. The van der Waals surface area contributed by atoms with E-state index < -0.39 is 0 Å². The van der Waals surface area contributed by atoms with Crippen LogP contribution < -0.4 is 0 Å². The quantitative estimate of drug-likeness (QED) is 0.384. The Morgan fingerprint density at radius 1 is 1.00 bits per heavy atom. The molecule has 1 aromatic heterocycles. The van der Waals surface area contributed by atoms with E-state index >= 15 is 0 Å². The van der Waals surface area contributed by atoms with E-state index in [-0.39, 0.29) is 35.0 Å². The van der Waals surface area contributed by atoms with Crippen LogP contribution in [0.2, 0.25) is 0 Å². The molecule has 0 amide bonds. The Bertz CT molecular complexity index is 1220. The predicted octanol–water partition coefficient (Wildman–Crippen LogP) is 7.26. The van der Waals surface area contributed by atoms with Crippen LogP contribution >= 0.6 is 0 Å². The number of hydrogen-bond donors (Lipinski definition) is 1. The first-order chi connectivity index (χ1) is 19.1. The molecule has 1 aromatic carbocycles. The highest BCUT2D eigenvalue weighted by Gasteiger charge is 2.65. The maximum Gasteiger partial charge on any atom is 0.302 e. The number of fused-ring (bicyclic) bond motifs is 6. The van der Waals surface area contributed by atoms with E-state index in [1.165, 1.54) is 32.6 Å². The molecule has 1 N–H and O–H groups in total. The standard InChI is InChI=1S/C34H48N2O4/c1-20(10-15-32-35-29-8-6-7-9-30(29)36-32)26-13-14-27-25-12-11-23-18-24(39-21(2)37)16-17-33(23,4)28(25)19-31(34(26,27)5)40-22(3)38/h6-9,20,23-28,31H,10-19H2,1-5H3,(H,35,36)/t20-,23+,24-,25-,26+,27-,28-,31-,33-,34+/m0/s1. The van der Waals surface area contributed by atoms with Crippen LogP contribution in [0.5, 0.6) is 0 Å². The van der Waals surface area contributed by atoms with Crippen molar-refractivity contribution < 1.29 is 19.1 Å². The van der Waals surface area contributed by atoms with Gasteiger partial charge in [-0.1, -0.05) is 32.9 Å². The first-order valence-electron chi connectivity index (χ1n) is 15.9. The number of benzene rings is 1. The van der Waals surface area contributed by atoms with Gasteiger partial charge in [0.2, 0.25) is 0 Å². The van der Waals surface area contributed by atoms with Crippen LogP contribution in [0.3, 0.4) is 0 Å². The monoisotopic (exact) mass is 548 g/mol. The first kappa shape index (κ1) is 27.8. The van der Waals surface area contributed by atoms with Gasteiger partial charge in [0.25, 0.3) is 0 Å². The van der Waals surface area contributed by atoms with Crippen LogP contribution in [-0.4, -0.2) is 34.1 Å². The van der Waals surface area contributed by atoms with Gasteiger partial charge in [-0.25, -0.2) is 4.98 Å². The van der Waals surface area contributed by atoms with Gasteiger partial charge in [-0.3, -0.25) is 9.59 Å². The molecular formula is C34H48N2O4. The number of hydrogen-bond acceptors (Lipinski definition) is 5. The Balaban J connectivity index is 1.22. The Labute approximate surface area is 239 Å². The second-order valence-corrected chi connectivity index (χ2v) is 14.3. The van der Waals surface area contributed by atoms with Crippen LogP contribution in [0.15, 0.2) is 24.3 Å². The number of imidazole rings is 1. The van der Waals surface area contributed by atoms with E-state index in [4.69, 9.17) is 14.5 Å². The summed E-state index contributed by atoms with van der Waals surface area (Å²) in [7, 11) is 0. The van der Waals surface area contributed by atoms with Crippen LogP contribution in [0.25, 0.3) is 11.0 Å². The smallest absolute Gasteiger partial charge is 0.302 e. The number of aromatic amines is 1. The summed E-state index contributed by atoms with van der Waals surface area (Å²) in [6, 6.07) is 8.26. The van der Waals surface area contributed by atoms with Gasteiger partial charge >= 0.3 is 11.9 Å². The first-order valence-corrected chi connectivity index (χ1v) is 15.9. The van der Waals surface area contributed by atoms with Crippen molar-refractivity contribution in [1.29, 1.82) is 0 Å². The van der Waals surface area contributed by atoms with E-state index in [0.29, 0.717) is 35.5 Å². The Kier molecular flexibility index (Phi) is 7.28. The minimum atomic E-state index is -0.155. The van der Waals surface area contributed by atoms with E-state index in [1.807, 2.05) is 6.07 Å². The van der Waals surface area contributed by atoms with Gasteiger partial charge in [0.15, 0.2) is 0 Å². The number of aromatic nitrogens is 2. The second kappa shape index (κ2) is 10.5. The van der Waals surface area contributed by atoms with E-state index in [0.717, 1.165) is 55.4 Å². The highest BCUT2D eigenvalue weighted by Crippen LogP contribution is 2.69. The third-order valence-corrected chi connectivity index (χ3v) is 12.4. The minimum absolute atomic E-state index is 0.0122. The molecule has 1 heterocycles. The highest BCUT2D eigenvalue weighted by molar-refractivity contribution is 5.74. The van der Waals surface area contributed by atoms with Gasteiger partial charge in [-0.15, -0.1) is 0 Å². The third kappa shape index (κ3) is 4.67. The lowest BCUT2D eigenvalue weighted by Gasteiger charge is -2.62. The molecule has 6 rings (SSSR count). The van der Waals surface area contributed by atoms with E-state index in [1.54, 1.807) is 6.92 Å².